The molecule has 0 spiro atoms. The molecule has 31 heavy (non-hydrogen) atoms. The molecule has 1 unspecified atom stereocenters. The minimum atomic E-state index is -0.583. The zero-order valence-corrected chi connectivity index (χ0v) is 18.4. The normalized spacial score (nSPS) is 12.1. The number of hydrogen-bond donors (Lipinski definition) is 1. The Morgan fingerprint density at radius 1 is 1.29 bits per heavy atom. The third-order valence-corrected chi connectivity index (χ3v) is 5.39. The molecule has 0 aliphatic rings. The molecule has 0 radical (unpaired) electrons. The fraction of sp³-hybridized carbons (Fsp3) is 0.316. The molecule has 1 aromatic carbocycles. The van der Waals surface area contributed by atoms with Crippen LogP contribution in [0.1, 0.15) is 23.9 Å². The lowest BCUT2D eigenvalue weighted by Crippen LogP contribution is -2.25. The van der Waals surface area contributed by atoms with E-state index in [9.17, 15) is 19.3 Å². The van der Waals surface area contributed by atoms with Crippen molar-refractivity contribution in [1.82, 2.24) is 19.6 Å². The van der Waals surface area contributed by atoms with Gasteiger partial charge < -0.3 is 5.32 Å². The third-order valence-electron chi connectivity index (χ3n) is 4.76. The number of nitrogens with zero attached hydrogens (tertiary/aromatic N) is 5. The number of carbonyl (C=O) groups excluding carboxylic acids is 1. The quantitative estimate of drug-likeness (QED) is 0.408. The first-order valence-electron chi connectivity index (χ1n) is 9.23. The molecular weight excluding hydrogens is 450 g/mol. The zero-order valence-electron chi connectivity index (χ0n) is 16.9. The van der Waals surface area contributed by atoms with Gasteiger partial charge in [0.25, 0.3) is 0 Å². The number of benzene rings is 1. The number of hydrogen-bond acceptors (Lipinski definition) is 5. The summed E-state index contributed by atoms with van der Waals surface area (Å²) in [6.07, 6.45) is 1.45. The van der Waals surface area contributed by atoms with Gasteiger partial charge in [0.2, 0.25) is 5.91 Å². The molecule has 0 bridgehead atoms. The van der Waals surface area contributed by atoms with Gasteiger partial charge in [0.1, 0.15) is 22.2 Å². The van der Waals surface area contributed by atoms with Gasteiger partial charge in [-0.15, -0.1) is 0 Å². The fourth-order valence-corrected chi connectivity index (χ4v) is 3.54. The first kappa shape index (κ1) is 22.7. The molecule has 164 valence electrons. The third kappa shape index (κ3) is 4.86. The molecule has 0 saturated heterocycles. The number of rotatable bonds is 7. The summed E-state index contributed by atoms with van der Waals surface area (Å²) in [5, 5.41) is 22.5. The van der Waals surface area contributed by atoms with E-state index in [1.54, 1.807) is 26.8 Å². The van der Waals surface area contributed by atoms with E-state index in [1.165, 1.54) is 27.7 Å². The number of carbonyl (C=O) groups is 1. The number of halogens is 3. The molecule has 1 amide bonds. The molecule has 2 heterocycles. The molecule has 0 aliphatic heterocycles. The summed E-state index contributed by atoms with van der Waals surface area (Å²) < 4.78 is 16.8. The van der Waals surface area contributed by atoms with Crippen molar-refractivity contribution in [2.45, 2.75) is 33.9 Å². The SMILES string of the molecule is Cc1nn(CC(C)C(=O)Nc2nn(Cc3c(F)cccc3Cl)cc2Cl)c(C)c1[N+](=O)[O-]. The molecular formula is C19H19Cl2FN6O3. The number of aromatic nitrogens is 4. The molecule has 12 heteroatoms. The van der Waals surface area contributed by atoms with Gasteiger partial charge in [0.15, 0.2) is 5.82 Å². The van der Waals surface area contributed by atoms with Gasteiger partial charge in [0.05, 0.1) is 23.9 Å². The summed E-state index contributed by atoms with van der Waals surface area (Å²) >= 11 is 12.2. The van der Waals surface area contributed by atoms with E-state index in [4.69, 9.17) is 23.2 Å². The second-order valence-electron chi connectivity index (χ2n) is 7.07. The van der Waals surface area contributed by atoms with Gasteiger partial charge in [-0.2, -0.15) is 10.2 Å². The standard InChI is InChI=1S/C19H19Cl2FN6O3/c1-10(7-27-12(3)17(28(30)31)11(2)24-27)19(29)23-18-15(21)9-26(25-18)8-13-14(20)5-4-6-16(13)22/h4-6,9-10H,7-8H2,1-3H3,(H,23,25,29). The topological polar surface area (TPSA) is 108 Å². The monoisotopic (exact) mass is 468 g/mol. The number of anilines is 1. The van der Waals surface area contributed by atoms with Crippen molar-refractivity contribution in [1.29, 1.82) is 0 Å². The van der Waals surface area contributed by atoms with E-state index in [1.807, 2.05) is 0 Å². The molecule has 3 rings (SSSR count). The Morgan fingerprint density at radius 2 is 2.00 bits per heavy atom. The van der Waals surface area contributed by atoms with Gasteiger partial charge >= 0.3 is 5.69 Å². The lowest BCUT2D eigenvalue weighted by atomic mass is 10.1. The highest BCUT2D eigenvalue weighted by molar-refractivity contribution is 6.33. The Morgan fingerprint density at radius 3 is 2.61 bits per heavy atom. The van der Waals surface area contributed by atoms with Crippen LogP contribution in [0.4, 0.5) is 15.9 Å². The van der Waals surface area contributed by atoms with Gasteiger partial charge in [-0.3, -0.25) is 24.3 Å². The number of nitrogens with one attached hydrogen (secondary N) is 1. The number of nitro groups is 1. The van der Waals surface area contributed by atoms with Crippen molar-refractivity contribution in [2.24, 2.45) is 5.92 Å². The smallest absolute Gasteiger partial charge is 0.308 e. The highest BCUT2D eigenvalue weighted by Gasteiger charge is 2.25. The minimum absolute atomic E-state index is 0.0338. The van der Waals surface area contributed by atoms with Crippen LogP contribution < -0.4 is 5.32 Å². The molecule has 1 atom stereocenters. The highest BCUT2D eigenvalue weighted by atomic mass is 35.5. The maximum atomic E-state index is 14.0. The average molecular weight is 469 g/mol. The first-order valence-corrected chi connectivity index (χ1v) is 9.99. The summed E-state index contributed by atoms with van der Waals surface area (Å²) in [5.41, 5.74) is 0.830. The lowest BCUT2D eigenvalue weighted by molar-refractivity contribution is -0.386. The van der Waals surface area contributed by atoms with Crippen molar-refractivity contribution < 1.29 is 14.1 Å². The van der Waals surface area contributed by atoms with E-state index in [0.29, 0.717) is 5.69 Å². The maximum absolute atomic E-state index is 14.0. The van der Waals surface area contributed by atoms with Gasteiger partial charge in [0, 0.05) is 16.8 Å². The number of amides is 1. The van der Waals surface area contributed by atoms with Gasteiger partial charge in [-0.05, 0) is 26.0 Å². The van der Waals surface area contributed by atoms with Gasteiger partial charge in [-0.1, -0.05) is 36.2 Å². The van der Waals surface area contributed by atoms with Crippen LogP contribution in [0.5, 0.6) is 0 Å². The van der Waals surface area contributed by atoms with Crippen molar-refractivity contribution in [3.63, 3.8) is 0 Å². The van der Waals surface area contributed by atoms with E-state index >= 15 is 0 Å². The van der Waals surface area contributed by atoms with Crippen LogP contribution in [0.2, 0.25) is 10.0 Å². The Balaban J connectivity index is 1.71. The second-order valence-corrected chi connectivity index (χ2v) is 7.89. The summed E-state index contributed by atoms with van der Waals surface area (Å²) in [6, 6.07) is 4.36. The predicted molar refractivity (Wildman–Crippen MR) is 114 cm³/mol. The Kier molecular flexibility index (Phi) is 6.61. The molecule has 0 aliphatic carbocycles. The van der Waals surface area contributed by atoms with Crippen LogP contribution in [-0.2, 0) is 17.9 Å². The summed E-state index contributed by atoms with van der Waals surface area (Å²) in [5.74, 6) is -1.34. The van der Waals surface area contributed by atoms with Crippen LogP contribution >= 0.6 is 23.2 Å². The molecule has 9 nitrogen and oxygen atoms in total. The second kappa shape index (κ2) is 9.03. The van der Waals surface area contributed by atoms with Crippen LogP contribution in [0.15, 0.2) is 24.4 Å². The molecule has 3 aromatic rings. The van der Waals surface area contributed by atoms with Crippen molar-refractivity contribution >= 4 is 40.6 Å². The first-order chi connectivity index (χ1) is 14.6. The minimum Gasteiger partial charge on any atom is -0.308 e. The predicted octanol–water partition coefficient (Wildman–Crippen LogP) is 4.37. The van der Waals surface area contributed by atoms with Crippen LogP contribution in [0.25, 0.3) is 0 Å². The van der Waals surface area contributed by atoms with Gasteiger partial charge in [-0.25, -0.2) is 4.39 Å². The summed E-state index contributed by atoms with van der Waals surface area (Å²) in [4.78, 5) is 23.3. The largest absolute Gasteiger partial charge is 0.312 e. The van der Waals surface area contributed by atoms with Crippen LogP contribution in [-0.4, -0.2) is 30.4 Å². The molecule has 1 N–H and O–H groups in total. The van der Waals surface area contributed by atoms with Crippen LogP contribution in [0.3, 0.4) is 0 Å². The number of aryl methyl sites for hydroxylation is 1. The maximum Gasteiger partial charge on any atom is 0.312 e. The average Bonchev–Trinajstić information content (AvgIpc) is 3.16. The van der Waals surface area contributed by atoms with E-state index in [2.05, 4.69) is 15.5 Å². The Bertz CT molecular complexity index is 1140. The Hall–Kier alpha value is -2.98. The fourth-order valence-electron chi connectivity index (χ4n) is 3.12. The lowest BCUT2D eigenvalue weighted by Gasteiger charge is -2.12. The van der Waals surface area contributed by atoms with Crippen molar-refractivity contribution in [3.05, 3.63) is 67.3 Å². The van der Waals surface area contributed by atoms with E-state index < -0.39 is 22.6 Å². The highest BCUT2D eigenvalue weighted by Crippen LogP contribution is 2.25. The summed E-state index contributed by atoms with van der Waals surface area (Å²) in [6.45, 7) is 4.94. The van der Waals surface area contributed by atoms with E-state index in [0.717, 1.165) is 0 Å². The molecule has 0 fully saturated rings. The van der Waals surface area contributed by atoms with Crippen LogP contribution in [0, 0.1) is 35.7 Å². The summed E-state index contributed by atoms with van der Waals surface area (Å²) in [7, 11) is 0. The van der Waals surface area contributed by atoms with Crippen molar-refractivity contribution in [2.75, 3.05) is 5.32 Å². The zero-order chi connectivity index (χ0) is 22.9. The van der Waals surface area contributed by atoms with Crippen molar-refractivity contribution in [3.8, 4) is 0 Å². The molecule has 0 saturated carbocycles. The van der Waals surface area contributed by atoms with E-state index in [-0.39, 0.29) is 45.9 Å². The Labute approximate surface area is 186 Å². The molecule has 2 aromatic heterocycles.